The Hall–Kier alpha value is -3.71. The molecule has 2 heterocycles. The number of rotatable bonds is 4. The molecule has 0 amide bonds. The maximum Gasteiger partial charge on any atom is 0.431 e. The van der Waals surface area contributed by atoms with Crippen LogP contribution in [0.3, 0.4) is 0 Å². The number of nitrogens with zero attached hydrogens (tertiary/aromatic N) is 2. The minimum atomic E-state index is -4.52. The van der Waals surface area contributed by atoms with Crippen LogP contribution < -0.4 is 4.90 Å². The molecule has 0 aliphatic carbocycles. The highest BCUT2D eigenvalue weighted by atomic mass is 19.4. The Morgan fingerprint density at radius 1 is 1.33 bits per heavy atom. The van der Waals surface area contributed by atoms with Crippen LogP contribution in [0.25, 0.3) is 5.76 Å². The van der Waals surface area contributed by atoms with E-state index in [1.54, 1.807) is 19.2 Å². The van der Waals surface area contributed by atoms with Crippen molar-refractivity contribution in [2.45, 2.75) is 47.2 Å². The average Bonchev–Trinajstić information content (AvgIpc) is 2.94. The normalized spacial score (nSPS) is 15.6. The summed E-state index contributed by atoms with van der Waals surface area (Å²) < 4.78 is 53.7. The molecule has 1 N–H and O–H groups in total. The number of hydrogen-bond acceptors (Lipinski definition) is 5. The molecule has 3 rings (SSSR count). The van der Waals surface area contributed by atoms with Crippen molar-refractivity contribution in [1.29, 1.82) is 0 Å². The first-order valence-electron chi connectivity index (χ1n) is 11.3. The SMILES string of the molecule is C/C=C\C=C(\OC)C(=C=C1OCC2=NCC(C)=C(C(F)(F)F)N2c2ccc(C)cc21)CC.CC(=O)O. The number of amidine groups is 1. The molecule has 0 unspecified atom stereocenters. The molecule has 2 aliphatic rings. The van der Waals surface area contributed by atoms with Gasteiger partial charge in [-0.1, -0.05) is 36.4 Å². The van der Waals surface area contributed by atoms with Crippen LogP contribution in [0.5, 0.6) is 0 Å². The van der Waals surface area contributed by atoms with Gasteiger partial charge in [-0.25, -0.2) is 0 Å². The standard InChI is InChI=1S/C25H27F3N2O2.C2H4O2/c1-6-8-9-21(31-5)18(7-2)13-22-19-12-16(3)10-11-20(19)30-23(15-32-22)29-14-17(4)24(30)25(26,27)28;1-2(3)4/h6,8-12H,7,14-15H2,1-5H3;1H3,(H,3,4)/b8-6-,21-9+;. The number of aryl methyl sites for hydroxylation is 1. The Morgan fingerprint density at radius 2 is 2.00 bits per heavy atom. The lowest BCUT2D eigenvalue weighted by molar-refractivity contribution is -0.134. The van der Waals surface area contributed by atoms with Crippen molar-refractivity contribution in [3.63, 3.8) is 0 Å². The maximum absolute atomic E-state index is 14.0. The number of methoxy groups -OCH3 is 1. The molecular weight excluding hydrogens is 473 g/mol. The number of ether oxygens (including phenoxy) is 2. The van der Waals surface area contributed by atoms with Crippen LogP contribution in [0.2, 0.25) is 0 Å². The minimum Gasteiger partial charge on any atom is -0.496 e. The smallest absolute Gasteiger partial charge is 0.431 e. The molecule has 0 bridgehead atoms. The molecule has 0 spiro atoms. The number of allylic oxidation sites excluding steroid dienone is 5. The van der Waals surface area contributed by atoms with Crippen molar-refractivity contribution >= 4 is 23.3 Å². The van der Waals surface area contributed by atoms with Gasteiger partial charge in [0.25, 0.3) is 5.97 Å². The van der Waals surface area contributed by atoms with E-state index in [2.05, 4.69) is 10.7 Å². The van der Waals surface area contributed by atoms with Crippen LogP contribution >= 0.6 is 0 Å². The van der Waals surface area contributed by atoms with Crippen LogP contribution in [-0.2, 0) is 14.3 Å². The third-order valence-corrected chi connectivity index (χ3v) is 5.21. The zero-order chi connectivity index (χ0) is 27.0. The van der Waals surface area contributed by atoms with Gasteiger partial charge in [-0.15, -0.1) is 0 Å². The number of aliphatic carboxylic acids is 1. The van der Waals surface area contributed by atoms with E-state index in [1.807, 2.05) is 45.1 Å². The van der Waals surface area contributed by atoms with E-state index < -0.39 is 17.8 Å². The number of carbonyl (C=O) groups is 1. The van der Waals surface area contributed by atoms with Crippen LogP contribution in [0.4, 0.5) is 18.9 Å². The number of anilines is 1. The van der Waals surface area contributed by atoms with Gasteiger partial charge in [0.2, 0.25) is 0 Å². The van der Waals surface area contributed by atoms with E-state index in [0.29, 0.717) is 29.2 Å². The van der Waals surface area contributed by atoms with Crippen LogP contribution in [0, 0.1) is 6.92 Å². The van der Waals surface area contributed by atoms with Crippen molar-refractivity contribution in [3.05, 3.63) is 75.9 Å². The van der Waals surface area contributed by atoms with Crippen molar-refractivity contribution in [3.8, 4) is 0 Å². The largest absolute Gasteiger partial charge is 0.496 e. The quantitative estimate of drug-likeness (QED) is 0.286. The predicted molar refractivity (Wildman–Crippen MR) is 135 cm³/mol. The summed E-state index contributed by atoms with van der Waals surface area (Å²) >= 11 is 0. The fourth-order valence-corrected chi connectivity index (χ4v) is 3.70. The molecule has 36 heavy (non-hydrogen) atoms. The van der Waals surface area contributed by atoms with Crippen molar-refractivity contribution in [2.24, 2.45) is 4.99 Å². The maximum atomic E-state index is 14.0. The number of carboxylic acid groups (broad SMARTS) is 1. The minimum absolute atomic E-state index is 0.0136. The average molecular weight is 505 g/mol. The lowest BCUT2D eigenvalue weighted by Gasteiger charge is -2.33. The summed E-state index contributed by atoms with van der Waals surface area (Å²) in [4.78, 5) is 14.6. The molecule has 0 saturated carbocycles. The zero-order valence-corrected chi connectivity index (χ0v) is 21.3. The Balaban J connectivity index is 0.00000106. The molecule has 1 aromatic carbocycles. The topological polar surface area (TPSA) is 71.4 Å². The molecule has 1 aromatic rings. The van der Waals surface area contributed by atoms with Gasteiger partial charge in [0, 0.05) is 18.1 Å². The number of benzene rings is 1. The third kappa shape index (κ3) is 6.92. The Bertz CT molecular complexity index is 1180. The second-order valence-corrected chi connectivity index (χ2v) is 8.07. The summed E-state index contributed by atoms with van der Waals surface area (Å²) in [5, 5.41) is 7.42. The summed E-state index contributed by atoms with van der Waals surface area (Å²) in [6.45, 7) is 8.18. The molecule has 0 fully saturated rings. The molecule has 0 aromatic heterocycles. The zero-order valence-electron chi connectivity index (χ0n) is 21.3. The number of hydrogen-bond donors (Lipinski definition) is 1. The van der Waals surface area contributed by atoms with E-state index in [0.717, 1.165) is 18.1 Å². The van der Waals surface area contributed by atoms with Gasteiger partial charge in [-0.05, 0) is 51.0 Å². The summed E-state index contributed by atoms with van der Waals surface area (Å²) in [5.74, 6) is 0.362. The highest BCUT2D eigenvalue weighted by molar-refractivity contribution is 6.06. The van der Waals surface area contributed by atoms with E-state index in [9.17, 15) is 13.2 Å². The van der Waals surface area contributed by atoms with Crippen LogP contribution in [0.15, 0.2) is 69.8 Å². The number of aliphatic imine (C=N–C) groups is 1. The second kappa shape index (κ2) is 12.3. The summed E-state index contributed by atoms with van der Waals surface area (Å²) in [6, 6.07) is 5.28. The number of fused-ring (bicyclic) bond motifs is 3. The molecule has 2 aliphatic heterocycles. The van der Waals surface area contributed by atoms with E-state index in [-0.39, 0.29) is 24.6 Å². The van der Waals surface area contributed by atoms with Gasteiger partial charge in [-0.2, -0.15) is 13.2 Å². The van der Waals surface area contributed by atoms with Crippen LogP contribution in [-0.4, -0.2) is 43.3 Å². The van der Waals surface area contributed by atoms with Gasteiger partial charge in [-0.3, -0.25) is 14.7 Å². The monoisotopic (exact) mass is 504 g/mol. The summed E-state index contributed by atoms with van der Waals surface area (Å²) in [7, 11) is 1.57. The highest BCUT2D eigenvalue weighted by Gasteiger charge is 2.44. The van der Waals surface area contributed by atoms with Gasteiger partial charge in [0.15, 0.2) is 5.76 Å². The number of alkyl halides is 3. The molecule has 9 heteroatoms. The summed E-state index contributed by atoms with van der Waals surface area (Å²) in [6.07, 6.45) is 1.63. The van der Waals surface area contributed by atoms with E-state index in [1.165, 1.54) is 11.8 Å². The van der Waals surface area contributed by atoms with Crippen molar-refractivity contribution < 1.29 is 32.5 Å². The van der Waals surface area contributed by atoms with Crippen molar-refractivity contribution in [2.75, 3.05) is 25.2 Å². The first-order chi connectivity index (χ1) is 16.9. The fraction of sp³-hybridized carbons (Fsp3) is 0.370. The highest BCUT2D eigenvalue weighted by Crippen LogP contribution is 2.42. The predicted octanol–water partition coefficient (Wildman–Crippen LogP) is 6.55. The molecule has 0 radical (unpaired) electrons. The Labute approximate surface area is 209 Å². The lowest BCUT2D eigenvalue weighted by atomic mass is 10.0. The summed E-state index contributed by atoms with van der Waals surface area (Å²) in [5.41, 5.74) is 5.27. The third-order valence-electron chi connectivity index (χ3n) is 5.21. The van der Waals surface area contributed by atoms with Crippen LogP contribution in [0.1, 0.15) is 45.2 Å². The van der Waals surface area contributed by atoms with Gasteiger partial charge >= 0.3 is 6.18 Å². The van der Waals surface area contributed by atoms with Gasteiger partial charge in [0.05, 0.1) is 19.3 Å². The number of carboxylic acids is 1. The Morgan fingerprint density at radius 3 is 2.56 bits per heavy atom. The van der Waals surface area contributed by atoms with Gasteiger partial charge in [0.1, 0.15) is 23.9 Å². The first-order valence-corrected chi connectivity index (χ1v) is 11.3. The number of halogens is 3. The molecule has 0 saturated heterocycles. The second-order valence-electron chi connectivity index (χ2n) is 8.07. The Kier molecular flexibility index (Phi) is 9.76. The fourth-order valence-electron chi connectivity index (χ4n) is 3.70. The first kappa shape index (κ1) is 28.5. The van der Waals surface area contributed by atoms with Gasteiger partial charge < -0.3 is 14.6 Å². The van der Waals surface area contributed by atoms with Crippen molar-refractivity contribution in [1.82, 2.24) is 0 Å². The molecule has 0 atom stereocenters. The lowest BCUT2D eigenvalue weighted by Crippen LogP contribution is -2.42. The molecule has 6 nitrogen and oxygen atoms in total. The van der Waals surface area contributed by atoms with E-state index >= 15 is 0 Å². The molecular formula is C27H31F3N2O4. The van der Waals surface area contributed by atoms with E-state index in [4.69, 9.17) is 19.4 Å². The molecule has 194 valence electrons.